The van der Waals surface area contributed by atoms with Crippen molar-refractivity contribution in [1.82, 2.24) is 15.0 Å². The minimum atomic E-state index is -0.441. The van der Waals surface area contributed by atoms with Gasteiger partial charge in [0.15, 0.2) is 11.6 Å². The van der Waals surface area contributed by atoms with Crippen molar-refractivity contribution in [3.05, 3.63) is 58.2 Å². The van der Waals surface area contributed by atoms with Gasteiger partial charge in [0.25, 0.3) is 0 Å². The smallest absolute Gasteiger partial charge is 0.309 e. The summed E-state index contributed by atoms with van der Waals surface area (Å²) in [5.74, 6) is -0.358. The van der Waals surface area contributed by atoms with Crippen LogP contribution in [0.1, 0.15) is 62.3 Å². The third kappa shape index (κ3) is 4.38. The molecule has 2 aromatic rings. The second-order valence-electron chi connectivity index (χ2n) is 8.30. The Labute approximate surface area is 180 Å². The normalized spacial score (nSPS) is 20.8. The van der Waals surface area contributed by atoms with Crippen LogP contribution >= 0.6 is 11.6 Å². The highest BCUT2D eigenvalue weighted by Gasteiger charge is 2.33. The molecular weight excluding hydrogens is 405 g/mol. The molecule has 158 valence electrons. The molecule has 2 heterocycles. The van der Waals surface area contributed by atoms with Gasteiger partial charge in [0.05, 0.1) is 34.6 Å². The lowest BCUT2D eigenvalue weighted by atomic mass is 9.77. The number of ether oxygens (including phenoxy) is 1. The Morgan fingerprint density at radius 3 is 2.87 bits per heavy atom. The lowest BCUT2D eigenvalue weighted by Gasteiger charge is -2.30. The van der Waals surface area contributed by atoms with Crippen LogP contribution in [0.25, 0.3) is 5.57 Å². The number of halogens is 2. The monoisotopic (exact) mass is 429 g/mol. The van der Waals surface area contributed by atoms with Crippen LogP contribution in [0.4, 0.5) is 4.39 Å². The van der Waals surface area contributed by atoms with Gasteiger partial charge < -0.3 is 4.74 Å². The van der Waals surface area contributed by atoms with Gasteiger partial charge in [-0.2, -0.15) is 0 Å². The fourth-order valence-electron chi connectivity index (χ4n) is 4.39. The molecule has 0 spiro atoms. The highest BCUT2D eigenvalue weighted by Crippen LogP contribution is 2.35. The zero-order valence-electron chi connectivity index (χ0n) is 17.2. The summed E-state index contributed by atoms with van der Waals surface area (Å²) in [4.78, 5) is 25.7. The second kappa shape index (κ2) is 8.80. The first-order chi connectivity index (χ1) is 14.4. The molecule has 1 fully saturated rings. The lowest BCUT2D eigenvalue weighted by molar-refractivity contribution is -0.155. The first kappa shape index (κ1) is 20.9. The first-order valence-electron chi connectivity index (χ1n) is 10.5. The van der Waals surface area contributed by atoms with Gasteiger partial charge in [-0.05, 0) is 45.1 Å². The molecule has 4 rings (SSSR count). The number of aromatic nitrogens is 3. The van der Waals surface area contributed by atoms with Crippen molar-refractivity contribution >= 4 is 23.1 Å². The van der Waals surface area contributed by atoms with Crippen LogP contribution in [0, 0.1) is 17.7 Å². The van der Waals surface area contributed by atoms with Crippen LogP contribution in [0.15, 0.2) is 24.5 Å². The van der Waals surface area contributed by atoms with Crippen molar-refractivity contribution in [3.63, 3.8) is 0 Å². The molecule has 2 aliphatic carbocycles. The Morgan fingerprint density at radius 1 is 1.27 bits per heavy atom. The minimum absolute atomic E-state index is 0.0169. The van der Waals surface area contributed by atoms with E-state index >= 15 is 0 Å². The third-order valence-corrected chi connectivity index (χ3v) is 6.01. The highest BCUT2D eigenvalue weighted by atomic mass is 35.5. The van der Waals surface area contributed by atoms with Gasteiger partial charge >= 0.3 is 5.97 Å². The number of pyridine rings is 1. The van der Waals surface area contributed by atoms with Gasteiger partial charge in [-0.1, -0.05) is 30.5 Å². The highest BCUT2D eigenvalue weighted by molar-refractivity contribution is 6.30. The molecular formula is C23H25ClFN3O2. The Bertz CT molecular complexity index is 992. The number of hydrogen-bond acceptors (Lipinski definition) is 5. The number of carbonyl (C=O) groups is 1. The van der Waals surface area contributed by atoms with E-state index in [-0.39, 0.29) is 23.9 Å². The molecule has 7 heteroatoms. The van der Waals surface area contributed by atoms with Gasteiger partial charge in [0.1, 0.15) is 0 Å². The van der Waals surface area contributed by atoms with Crippen LogP contribution in [0.2, 0.25) is 5.02 Å². The summed E-state index contributed by atoms with van der Waals surface area (Å²) in [7, 11) is 0. The van der Waals surface area contributed by atoms with Crippen molar-refractivity contribution in [2.75, 3.05) is 0 Å². The summed E-state index contributed by atoms with van der Waals surface area (Å²) >= 11 is 6.11. The van der Waals surface area contributed by atoms with E-state index in [1.165, 1.54) is 6.20 Å². The fraction of sp³-hybridized carbons (Fsp3) is 0.478. The van der Waals surface area contributed by atoms with Gasteiger partial charge in [-0.25, -0.2) is 14.4 Å². The number of nitrogens with zero attached hydrogens (tertiary/aromatic N) is 3. The maximum absolute atomic E-state index is 14.6. The first-order valence-corrected chi connectivity index (χ1v) is 10.9. The zero-order valence-corrected chi connectivity index (χ0v) is 18.0. The van der Waals surface area contributed by atoms with Crippen molar-refractivity contribution in [1.29, 1.82) is 0 Å². The average Bonchev–Trinajstić information content (AvgIpc) is 3.12. The summed E-state index contributed by atoms with van der Waals surface area (Å²) < 4.78 is 20.1. The van der Waals surface area contributed by atoms with Crippen molar-refractivity contribution in [3.8, 4) is 0 Å². The second-order valence-corrected chi connectivity index (χ2v) is 8.74. The van der Waals surface area contributed by atoms with Gasteiger partial charge in [0, 0.05) is 23.8 Å². The Balaban J connectivity index is 1.59. The van der Waals surface area contributed by atoms with Gasteiger partial charge in [0.2, 0.25) is 0 Å². The molecule has 0 saturated heterocycles. The topological polar surface area (TPSA) is 65.0 Å². The van der Waals surface area contributed by atoms with E-state index in [0.29, 0.717) is 29.4 Å². The standard InChI is InChI=1S/C23H25ClFN3O2/c1-13(2)30-23(29)16-6-4-3-5-14(16)9-21-19(25)12-27-22(28-21)17-7-8-20-18(17)10-15(24)11-26-20/h7,10-14,16H,3-6,8-9H2,1-2H3/t14?,16-/m1/s1. The molecule has 0 amide bonds. The average molecular weight is 430 g/mol. The summed E-state index contributed by atoms with van der Waals surface area (Å²) in [5, 5.41) is 0.539. The quantitative estimate of drug-likeness (QED) is 0.629. The molecule has 0 N–H and O–H groups in total. The number of carbonyl (C=O) groups excluding carboxylic acids is 1. The van der Waals surface area contributed by atoms with E-state index < -0.39 is 5.82 Å². The predicted molar refractivity (Wildman–Crippen MR) is 112 cm³/mol. The maximum atomic E-state index is 14.6. The third-order valence-electron chi connectivity index (χ3n) is 5.80. The number of fused-ring (bicyclic) bond motifs is 1. The molecule has 30 heavy (non-hydrogen) atoms. The minimum Gasteiger partial charge on any atom is -0.463 e. The van der Waals surface area contributed by atoms with E-state index in [9.17, 15) is 9.18 Å². The van der Waals surface area contributed by atoms with Crippen molar-refractivity contribution in [2.45, 2.75) is 58.5 Å². The summed E-state index contributed by atoms with van der Waals surface area (Å²) in [6.07, 6.45) is 9.40. The summed E-state index contributed by atoms with van der Waals surface area (Å²) in [5.41, 5.74) is 2.96. The van der Waals surface area contributed by atoms with Gasteiger partial charge in [-0.3, -0.25) is 9.78 Å². The van der Waals surface area contributed by atoms with Crippen LogP contribution in [0.5, 0.6) is 0 Å². The molecule has 2 aliphatic rings. The lowest BCUT2D eigenvalue weighted by Crippen LogP contribution is -2.32. The van der Waals surface area contributed by atoms with Crippen LogP contribution in [-0.4, -0.2) is 27.0 Å². The summed E-state index contributed by atoms with van der Waals surface area (Å²) in [6.45, 7) is 3.70. The van der Waals surface area contributed by atoms with E-state index in [1.807, 2.05) is 26.0 Å². The van der Waals surface area contributed by atoms with Crippen LogP contribution < -0.4 is 0 Å². The van der Waals surface area contributed by atoms with E-state index in [1.54, 1.807) is 6.20 Å². The molecule has 1 unspecified atom stereocenters. The molecule has 0 bridgehead atoms. The Hall–Kier alpha value is -2.34. The fourth-order valence-corrected chi connectivity index (χ4v) is 4.55. The molecule has 0 aliphatic heterocycles. The van der Waals surface area contributed by atoms with E-state index in [2.05, 4.69) is 15.0 Å². The Morgan fingerprint density at radius 2 is 2.07 bits per heavy atom. The number of esters is 1. The molecule has 1 saturated carbocycles. The van der Waals surface area contributed by atoms with Crippen molar-refractivity contribution in [2.24, 2.45) is 11.8 Å². The molecule has 0 radical (unpaired) electrons. The van der Waals surface area contributed by atoms with Crippen LogP contribution in [0.3, 0.4) is 0 Å². The van der Waals surface area contributed by atoms with Crippen molar-refractivity contribution < 1.29 is 13.9 Å². The van der Waals surface area contributed by atoms with Gasteiger partial charge in [-0.15, -0.1) is 0 Å². The SMILES string of the molecule is CC(C)OC(=O)[C@@H]1CCCCC1Cc1nc(C2=CCc3ncc(Cl)cc32)ncc1F. The number of hydrogen-bond donors (Lipinski definition) is 0. The van der Waals surface area contributed by atoms with Crippen LogP contribution in [-0.2, 0) is 22.4 Å². The zero-order chi connectivity index (χ0) is 21.3. The molecule has 0 aromatic carbocycles. The summed E-state index contributed by atoms with van der Waals surface area (Å²) in [6, 6.07) is 1.84. The molecule has 2 aromatic heterocycles. The maximum Gasteiger partial charge on any atom is 0.309 e. The number of rotatable bonds is 5. The van der Waals surface area contributed by atoms with E-state index in [4.69, 9.17) is 16.3 Å². The Kier molecular flexibility index (Phi) is 6.14. The molecule has 5 nitrogen and oxygen atoms in total. The molecule has 2 atom stereocenters. The number of allylic oxidation sites excluding steroid dienone is 1. The van der Waals surface area contributed by atoms with E-state index in [0.717, 1.165) is 42.5 Å². The predicted octanol–water partition coefficient (Wildman–Crippen LogP) is 4.95. The largest absolute Gasteiger partial charge is 0.463 e.